The molecule has 4 aromatic carbocycles. The van der Waals surface area contributed by atoms with E-state index in [9.17, 15) is 13.0 Å². The van der Waals surface area contributed by atoms with Crippen LogP contribution < -0.4 is 14.2 Å². The molecule has 0 bridgehead atoms. The molecule has 1 aliphatic carbocycles. The van der Waals surface area contributed by atoms with Crippen LogP contribution in [0.3, 0.4) is 0 Å². The Labute approximate surface area is 387 Å². The van der Waals surface area contributed by atoms with E-state index < -0.39 is 64.9 Å². The third kappa shape index (κ3) is 12.1. The molecule has 3 fully saturated rings. The third-order valence-corrected chi connectivity index (χ3v) is 13.3. The van der Waals surface area contributed by atoms with Crippen LogP contribution >= 0.6 is 0 Å². The largest absolute Gasteiger partial charge is 0.497 e. The van der Waals surface area contributed by atoms with Crippen molar-refractivity contribution in [2.45, 2.75) is 108 Å². The Balaban J connectivity index is 1.23. The highest BCUT2D eigenvalue weighted by Crippen LogP contribution is 2.48. The number of hydrogen-bond acceptors (Lipinski definition) is 15. The van der Waals surface area contributed by atoms with E-state index in [1.807, 2.05) is 103 Å². The van der Waals surface area contributed by atoms with Crippen molar-refractivity contribution in [3.63, 3.8) is 0 Å². The van der Waals surface area contributed by atoms with Crippen molar-refractivity contribution in [2.24, 2.45) is 11.8 Å². The van der Waals surface area contributed by atoms with Crippen LogP contribution in [0, 0.1) is 11.8 Å². The monoisotopic (exact) mass is 938 g/mol. The molecule has 2 aliphatic heterocycles. The zero-order chi connectivity index (χ0) is 46.9. The minimum Gasteiger partial charge on any atom is -0.497 e. The van der Waals surface area contributed by atoms with Gasteiger partial charge in [-0.1, -0.05) is 66.7 Å². The molecule has 11 atom stereocenters. The van der Waals surface area contributed by atoms with E-state index in [4.69, 9.17) is 61.0 Å². The second kappa shape index (κ2) is 22.3. The summed E-state index contributed by atoms with van der Waals surface area (Å²) >= 11 is 0. The van der Waals surface area contributed by atoms with Crippen LogP contribution in [0.1, 0.15) is 48.9 Å². The first kappa shape index (κ1) is 49.7. The van der Waals surface area contributed by atoms with Crippen molar-refractivity contribution in [1.29, 1.82) is 0 Å². The fraction of sp³-hybridized carbons (Fsp3) is 0.510. The van der Waals surface area contributed by atoms with Crippen molar-refractivity contribution < 1.29 is 74.0 Å². The Hall–Kier alpha value is -4.21. The summed E-state index contributed by atoms with van der Waals surface area (Å²) in [6.45, 7) is 4.43. The molecule has 2 heterocycles. The highest BCUT2D eigenvalue weighted by molar-refractivity contribution is 7.80. The Morgan fingerprint density at radius 1 is 0.606 bits per heavy atom. The van der Waals surface area contributed by atoms with Gasteiger partial charge in [0.1, 0.15) is 35.6 Å². The summed E-state index contributed by atoms with van der Waals surface area (Å²) in [5.74, 6) is -1.55. The van der Waals surface area contributed by atoms with Crippen LogP contribution in [0.5, 0.6) is 17.2 Å². The predicted octanol–water partition coefficient (Wildman–Crippen LogP) is 7.06. The first-order valence-corrected chi connectivity index (χ1v) is 23.3. The van der Waals surface area contributed by atoms with Gasteiger partial charge in [-0.2, -0.15) is 8.42 Å². The summed E-state index contributed by atoms with van der Waals surface area (Å²) < 4.78 is 116. The SMILES string of the molecule is COc1ccc(COC[C@H]2[C@H](C[C@H]3O[C@@H](OCc4ccccc4)[C@@H]4O[C@@](C)(OC)[C@](C)(OC)O[C@H]4[C@@H]3OS(=O)(=O)O)C[C@@H](OCc3ccc(OC)cc3)[C@@H]2OCc2ccc(OC)cc2)cc1. The minimum absolute atomic E-state index is 0.119. The van der Waals surface area contributed by atoms with Crippen LogP contribution in [-0.2, 0) is 83.6 Å². The number of benzene rings is 4. The van der Waals surface area contributed by atoms with Crippen molar-refractivity contribution in [3.05, 3.63) is 125 Å². The molecule has 2 saturated heterocycles. The zero-order valence-electron chi connectivity index (χ0n) is 38.4. The predicted molar refractivity (Wildman–Crippen MR) is 239 cm³/mol. The van der Waals surface area contributed by atoms with Crippen molar-refractivity contribution in [2.75, 3.05) is 42.2 Å². The second-order valence-corrected chi connectivity index (χ2v) is 17.9. The van der Waals surface area contributed by atoms with Gasteiger partial charge in [0.2, 0.25) is 11.6 Å². The molecule has 3 aliphatic rings. The molecule has 0 spiro atoms. The molecule has 360 valence electrons. The average molecular weight is 939 g/mol. The number of hydrogen-bond donors (Lipinski definition) is 1. The summed E-state index contributed by atoms with van der Waals surface area (Å²) in [5.41, 5.74) is 3.65. The van der Waals surface area contributed by atoms with E-state index in [0.29, 0.717) is 13.0 Å². The Kier molecular flexibility index (Phi) is 16.8. The average Bonchev–Trinajstić information content (AvgIpc) is 3.66. The van der Waals surface area contributed by atoms with Gasteiger partial charge in [0.25, 0.3) is 0 Å². The molecule has 0 radical (unpaired) electrons. The molecule has 66 heavy (non-hydrogen) atoms. The van der Waals surface area contributed by atoms with Gasteiger partial charge < -0.3 is 56.8 Å². The van der Waals surface area contributed by atoms with E-state index in [0.717, 1.165) is 39.5 Å². The lowest BCUT2D eigenvalue weighted by molar-refractivity contribution is -0.483. The van der Waals surface area contributed by atoms with E-state index in [1.54, 1.807) is 35.2 Å². The van der Waals surface area contributed by atoms with E-state index >= 15 is 0 Å². The van der Waals surface area contributed by atoms with Gasteiger partial charge in [0.05, 0.1) is 72.7 Å². The number of rotatable bonds is 22. The lowest BCUT2D eigenvalue weighted by Crippen LogP contribution is -2.73. The lowest BCUT2D eigenvalue weighted by atomic mass is 9.85. The van der Waals surface area contributed by atoms with Crippen LogP contribution in [0.25, 0.3) is 0 Å². The second-order valence-electron chi connectivity index (χ2n) is 16.9. The Morgan fingerprint density at radius 3 is 1.61 bits per heavy atom. The Morgan fingerprint density at radius 2 is 1.09 bits per heavy atom. The highest BCUT2D eigenvalue weighted by Gasteiger charge is 2.64. The molecule has 0 aromatic heterocycles. The molecular formula is C49H62O16S. The van der Waals surface area contributed by atoms with E-state index in [2.05, 4.69) is 0 Å². The summed E-state index contributed by atoms with van der Waals surface area (Å²) in [7, 11) is 2.62. The van der Waals surface area contributed by atoms with E-state index in [1.165, 1.54) is 14.2 Å². The van der Waals surface area contributed by atoms with Crippen LogP contribution in [0.15, 0.2) is 103 Å². The fourth-order valence-electron chi connectivity index (χ4n) is 8.89. The maximum absolute atomic E-state index is 12.8. The maximum atomic E-state index is 12.8. The topological polar surface area (TPSA) is 174 Å². The summed E-state index contributed by atoms with van der Waals surface area (Å²) in [6.07, 6.45) is -6.32. The van der Waals surface area contributed by atoms with Crippen molar-refractivity contribution in [1.82, 2.24) is 0 Å². The molecular weight excluding hydrogens is 877 g/mol. The van der Waals surface area contributed by atoms with Gasteiger partial charge in [-0.3, -0.25) is 4.55 Å². The fourth-order valence-corrected chi connectivity index (χ4v) is 9.40. The van der Waals surface area contributed by atoms with Gasteiger partial charge in [0, 0.05) is 20.1 Å². The summed E-state index contributed by atoms with van der Waals surface area (Å²) in [6, 6.07) is 32.4. The molecule has 0 amide bonds. The molecule has 0 unspecified atom stereocenters. The Bertz CT molecular complexity index is 2210. The van der Waals surface area contributed by atoms with Gasteiger partial charge in [-0.25, -0.2) is 4.18 Å². The van der Waals surface area contributed by atoms with Gasteiger partial charge in [-0.15, -0.1) is 0 Å². The van der Waals surface area contributed by atoms with Gasteiger partial charge >= 0.3 is 10.4 Å². The normalized spacial score (nSPS) is 29.8. The standard InChI is InChI=1S/C49H62O16S/c1-48(56-6)49(2,57-7)64-46-45(63-48)44(65-66(50,51)52)42(62-47(46)61-30-32-11-9-8-10-12-32)26-36-25-41(59-28-34-15-21-38(54-4)22-16-34)43(60-29-35-17-23-39(55-5)24-18-35)40(36)31-58-27-33-13-19-37(53-3)20-14-33/h8-24,36,40-47H,25-31H2,1-7H3,(H,50,51,52)/t36-,40-,41+,42+,43+,44+,45-,46+,47+,48+,49+/m0/s1. The molecule has 16 nitrogen and oxygen atoms in total. The first-order chi connectivity index (χ1) is 31.8. The van der Waals surface area contributed by atoms with E-state index in [-0.39, 0.29) is 44.7 Å². The quantitative estimate of drug-likeness (QED) is 0.0792. The smallest absolute Gasteiger partial charge is 0.397 e. The highest BCUT2D eigenvalue weighted by atomic mass is 32.3. The summed E-state index contributed by atoms with van der Waals surface area (Å²) in [5, 5.41) is 0. The number of methoxy groups -OCH3 is 5. The molecule has 4 aromatic rings. The molecule has 1 N–H and O–H groups in total. The van der Waals surface area contributed by atoms with Crippen molar-refractivity contribution in [3.8, 4) is 17.2 Å². The summed E-state index contributed by atoms with van der Waals surface area (Å²) in [4.78, 5) is 0. The van der Waals surface area contributed by atoms with Gasteiger partial charge in [0.15, 0.2) is 6.29 Å². The number of fused-ring (bicyclic) bond motifs is 1. The first-order valence-electron chi connectivity index (χ1n) is 21.9. The van der Waals surface area contributed by atoms with Crippen LogP contribution in [0.4, 0.5) is 0 Å². The van der Waals surface area contributed by atoms with Crippen LogP contribution in [-0.4, -0.2) is 110 Å². The van der Waals surface area contributed by atoms with Crippen LogP contribution in [0.2, 0.25) is 0 Å². The number of ether oxygens (including phenoxy) is 12. The van der Waals surface area contributed by atoms with Gasteiger partial charge in [-0.05, 0) is 91.3 Å². The molecule has 7 rings (SSSR count). The third-order valence-electron chi connectivity index (χ3n) is 12.8. The molecule has 17 heteroatoms. The van der Waals surface area contributed by atoms with Crippen molar-refractivity contribution >= 4 is 10.4 Å². The lowest BCUT2D eigenvalue weighted by Gasteiger charge is -2.57. The minimum atomic E-state index is -5.09. The zero-order valence-corrected chi connectivity index (χ0v) is 39.3. The maximum Gasteiger partial charge on any atom is 0.397 e. The molecule has 1 saturated carbocycles.